The van der Waals surface area contributed by atoms with Crippen molar-refractivity contribution in [2.24, 2.45) is 12.5 Å². The summed E-state index contributed by atoms with van der Waals surface area (Å²) in [5.41, 5.74) is 2.86. The molecule has 0 aliphatic carbocycles. The van der Waals surface area contributed by atoms with Crippen LogP contribution in [0.1, 0.15) is 61.3 Å². The van der Waals surface area contributed by atoms with E-state index in [4.69, 9.17) is 4.42 Å². The smallest absolute Gasteiger partial charge is 0.358 e. The zero-order valence-corrected chi connectivity index (χ0v) is 19.2. The number of carbonyl (C=O) groups is 1. The van der Waals surface area contributed by atoms with Gasteiger partial charge in [-0.25, -0.2) is 4.79 Å². The summed E-state index contributed by atoms with van der Waals surface area (Å²) < 4.78 is 7.79. The molecule has 1 aliphatic rings. The molecule has 1 aliphatic heterocycles. The average molecular weight is 439 g/mol. The molecular formula is C24H30N4O4. The van der Waals surface area contributed by atoms with E-state index in [-0.39, 0.29) is 17.2 Å². The Morgan fingerprint density at radius 1 is 1.25 bits per heavy atom. The van der Waals surface area contributed by atoms with Crippen LogP contribution in [0.2, 0.25) is 0 Å². The van der Waals surface area contributed by atoms with E-state index in [1.54, 1.807) is 19.3 Å². The van der Waals surface area contributed by atoms with Crippen LogP contribution in [-0.2, 0) is 7.05 Å². The number of aryl methyl sites for hydroxylation is 2. The van der Waals surface area contributed by atoms with Crippen LogP contribution in [0.3, 0.4) is 0 Å². The van der Waals surface area contributed by atoms with Crippen LogP contribution in [0.25, 0.3) is 11.0 Å². The molecule has 0 amide bonds. The monoisotopic (exact) mass is 438 g/mol. The standard InChI is InChI=1S/C24H30N4O4/c1-14-10-16(15(2)25-18-13-27(5)26-21(18)23(30)31)22-17(11-14)19(29)12-20(32-22)28-8-6-24(3,4)7-9-28/h10-13,15,25H,6-9H2,1-5H3,(H,30,31). The largest absolute Gasteiger partial charge is 0.476 e. The van der Waals surface area contributed by atoms with Gasteiger partial charge < -0.3 is 19.7 Å². The van der Waals surface area contributed by atoms with Crippen LogP contribution in [-0.4, -0.2) is 33.9 Å². The minimum Gasteiger partial charge on any atom is -0.476 e. The van der Waals surface area contributed by atoms with Crippen LogP contribution in [0.5, 0.6) is 0 Å². The lowest BCUT2D eigenvalue weighted by molar-refractivity contribution is 0.0690. The second-order valence-electron chi connectivity index (χ2n) is 9.57. The molecule has 1 saturated heterocycles. The number of aromatic carboxylic acids is 1. The molecule has 2 N–H and O–H groups in total. The number of aromatic nitrogens is 2. The summed E-state index contributed by atoms with van der Waals surface area (Å²) in [6, 6.07) is 5.10. The molecule has 1 fully saturated rings. The van der Waals surface area contributed by atoms with Gasteiger partial charge in [0, 0.05) is 38.0 Å². The molecule has 4 rings (SSSR count). The first-order valence-corrected chi connectivity index (χ1v) is 10.9. The van der Waals surface area contributed by atoms with E-state index in [2.05, 4.69) is 29.2 Å². The molecule has 0 saturated carbocycles. The fraction of sp³-hybridized carbons (Fsp3) is 0.458. The average Bonchev–Trinajstić information content (AvgIpc) is 3.08. The summed E-state index contributed by atoms with van der Waals surface area (Å²) in [7, 11) is 1.68. The number of fused-ring (bicyclic) bond motifs is 1. The van der Waals surface area contributed by atoms with Crippen molar-refractivity contribution in [1.29, 1.82) is 0 Å². The van der Waals surface area contributed by atoms with Crippen molar-refractivity contribution in [2.45, 2.75) is 46.6 Å². The number of nitrogens with one attached hydrogen (secondary N) is 1. The van der Waals surface area contributed by atoms with Gasteiger partial charge >= 0.3 is 5.97 Å². The summed E-state index contributed by atoms with van der Waals surface area (Å²) in [6.45, 7) is 10.1. The highest BCUT2D eigenvalue weighted by Crippen LogP contribution is 2.34. The SMILES string of the molecule is Cc1cc(C(C)Nc2cn(C)nc2C(=O)O)c2oc(N3CCC(C)(C)CC3)cc(=O)c2c1. The van der Waals surface area contributed by atoms with Gasteiger partial charge in [-0.05, 0) is 43.7 Å². The van der Waals surface area contributed by atoms with Gasteiger partial charge in [-0.3, -0.25) is 9.48 Å². The minimum atomic E-state index is -1.10. The van der Waals surface area contributed by atoms with Gasteiger partial charge in [0.2, 0.25) is 0 Å². The molecule has 1 unspecified atom stereocenters. The van der Waals surface area contributed by atoms with E-state index in [0.29, 0.717) is 28.0 Å². The third-order valence-electron chi connectivity index (χ3n) is 6.29. The summed E-state index contributed by atoms with van der Waals surface area (Å²) in [6.07, 6.45) is 3.70. The maximum atomic E-state index is 13.0. The molecule has 3 aromatic rings. The van der Waals surface area contributed by atoms with E-state index < -0.39 is 5.97 Å². The lowest BCUT2D eigenvalue weighted by atomic mass is 9.83. The molecule has 0 bridgehead atoms. The van der Waals surface area contributed by atoms with Crippen molar-refractivity contribution >= 4 is 28.5 Å². The Balaban J connectivity index is 1.75. The lowest BCUT2D eigenvalue weighted by Gasteiger charge is -2.37. The highest BCUT2D eigenvalue weighted by atomic mass is 16.4. The summed E-state index contributed by atoms with van der Waals surface area (Å²) >= 11 is 0. The first-order chi connectivity index (χ1) is 15.0. The van der Waals surface area contributed by atoms with Gasteiger partial charge in [0.25, 0.3) is 0 Å². The molecule has 0 radical (unpaired) electrons. The molecule has 2 aromatic heterocycles. The molecular weight excluding hydrogens is 408 g/mol. The predicted molar refractivity (Wildman–Crippen MR) is 125 cm³/mol. The zero-order valence-electron chi connectivity index (χ0n) is 19.2. The number of piperidine rings is 1. The lowest BCUT2D eigenvalue weighted by Crippen LogP contribution is -2.37. The fourth-order valence-corrected chi connectivity index (χ4v) is 4.30. The Morgan fingerprint density at radius 2 is 1.94 bits per heavy atom. The normalized spacial score (nSPS) is 16.8. The van der Waals surface area contributed by atoms with Gasteiger partial charge in [-0.1, -0.05) is 19.9 Å². The van der Waals surface area contributed by atoms with Gasteiger partial charge in [0.15, 0.2) is 17.0 Å². The number of rotatable bonds is 5. The van der Waals surface area contributed by atoms with E-state index in [0.717, 1.165) is 37.1 Å². The van der Waals surface area contributed by atoms with Crippen molar-refractivity contribution in [1.82, 2.24) is 9.78 Å². The van der Waals surface area contributed by atoms with Crippen LogP contribution >= 0.6 is 0 Å². The summed E-state index contributed by atoms with van der Waals surface area (Å²) in [5.74, 6) is -0.515. The maximum Gasteiger partial charge on any atom is 0.358 e. The van der Waals surface area contributed by atoms with Crippen molar-refractivity contribution in [3.8, 4) is 0 Å². The number of anilines is 2. The Kier molecular flexibility index (Phi) is 5.48. The zero-order chi connectivity index (χ0) is 23.2. The van der Waals surface area contributed by atoms with E-state index in [1.165, 1.54) is 4.68 Å². The quantitative estimate of drug-likeness (QED) is 0.611. The molecule has 1 atom stereocenters. The van der Waals surface area contributed by atoms with Crippen molar-refractivity contribution in [3.63, 3.8) is 0 Å². The molecule has 170 valence electrons. The van der Waals surface area contributed by atoms with Crippen LogP contribution < -0.4 is 15.6 Å². The third kappa shape index (κ3) is 4.22. The van der Waals surface area contributed by atoms with E-state index in [1.807, 2.05) is 26.0 Å². The second kappa shape index (κ2) is 8.00. The molecule has 8 nitrogen and oxygen atoms in total. The molecule has 1 aromatic carbocycles. The number of hydrogen-bond acceptors (Lipinski definition) is 6. The molecule has 32 heavy (non-hydrogen) atoms. The summed E-state index contributed by atoms with van der Waals surface area (Å²) in [4.78, 5) is 26.7. The van der Waals surface area contributed by atoms with E-state index in [9.17, 15) is 14.7 Å². The number of carboxylic acid groups (broad SMARTS) is 1. The van der Waals surface area contributed by atoms with Gasteiger partial charge in [-0.2, -0.15) is 5.10 Å². The fourth-order valence-electron chi connectivity index (χ4n) is 4.30. The number of nitrogens with zero attached hydrogens (tertiary/aromatic N) is 3. The first kappa shape index (κ1) is 21.9. The van der Waals surface area contributed by atoms with Crippen LogP contribution in [0.15, 0.2) is 33.6 Å². The van der Waals surface area contributed by atoms with Crippen molar-refractivity contribution in [2.75, 3.05) is 23.3 Å². The van der Waals surface area contributed by atoms with Gasteiger partial charge in [-0.15, -0.1) is 0 Å². The highest BCUT2D eigenvalue weighted by molar-refractivity contribution is 5.92. The predicted octanol–water partition coefficient (Wildman–Crippen LogP) is 4.33. The van der Waals surface area contributed by atoms with Crippen LogP contribution in [0.4, 0.5) is 11.6 Å². The number of carboxylic acids is 1. The Bertz CT molecular complexity index is 1230. The van der Waals surface area contributed by atoms with Gasteiger partial charge in [0.1, 0.15) is 5.58 Å². The molecule has 0 spiro atoms. The van der Waals surface area contributed by atoms with E-state index >= 15 is 0 Å². The van der Waals surface area contributed by atoms with Crippen molar-refractivity contribution < 1.29 is 14.3 Å². The van der Waals surface area contributed by atoms with Crippen LogP contribution in [0, 0.1) is 12.3 Å². The second-order valence-corrected chi connectivity index (χ2v) is 9.57. The molecule has 3 heterocycles. The number of benzene rings is 1. The summed E-state index contributed by atoms with van der Waals surface area (Å²) in [5, 5.41) is 17.2. The molecule has 8 heteroatoms. The Hall–Kier alpha value is -3.29. The highest BCUT2D eigenvalue weighted by Gasteiger charge is 2.27. The Labute approximate surface area is 186 Å². The Morgan fingerprint density at radius 3 is 2.59 bits per heavy atom. The maximum absolute atomic E-state index is 13.0. The van der Waals surface area contributed by atoms with Crippen molar-refractivity contribution in [3.05, 3.63) is 51.4 Å². The first-order valence-electron chi connectivity index (χ1n) is 10.9. The minimum absolute atomic E-state index is 0.0469. The topological polar surface area (TPSA) is 101 Å². The van der Waals surface area contributed by atoms with Gasteiger partial charge in [0.05, 0.1) is 17.1 Å². The number of hydrogen-bond donors (Lipinski definition) is 2. The third-order valence-corrected chi connectivity index (χ3v) is 6.29.